The van der Waals surface area contributed by atoms with Gasteiger partial charge in [0.2, 0.25) is 5.95 Å². The number of rotatable bonds is 2. The van der Waals surface area contributed by atoms with E-state index in [2.05, 4.69) is 27.3 Å². The number of nitrogens with zero attached hydrogens (tertiary/aromatic N) is 5. The van der Waals surface area contributed by atoms with E-state index in [4.69, 9.17) is 5.73 Å². The molecule has 0 atom stereocenters. The fourth-order valence-corrected chi connectivity index (χ4v) is 1.94. The summed E-state index contributed by atoms with van der Waals surface area (Å²) in [6, 6.07) is 0. The summed E-state index contributed by atoms with van der Waals surface area (Å²) in [5.74, 6) is 0.856. The largest absolute Gasteiger partial charge is 0.340 e. The van der Waals surface area contributed by atoms with Crippen molar-refractivity contribution < 1.29 is 0 Å². The zero-order chi connectivity index (χ0) is 10.9. The third-order valence-corrected chi connectivity index (χ3v) is 3.34. The van der Waals surface area contributed by atoms with E-state index in [-0.39, 0.29) is 0 Å². The van der Waals surface area contributed by atoms with Crippen LogP contribution >= 0.6 is 0 Å². The molecule has 0 unspecified atom stereocenters. The smallest absolute Gasteiger partial charge is 0.245 e. The van der Waals surface area contributed by atoms with Crippen LogP contribution in [0.1, 0.15) is 19.8 Å². The molecule has 0 aromatic carbocycles. The highest BCUT2D eigenvalue weighted by Gasteiger charge is 2.30. The summed E-state index contributed by atoms with van der Waals surface area (Å²) in [6.45, 7) is 4.99. The maximum Gasteiger partial charge on any atom is 0.245 e. The van der Waals surface area contributed by atoms with Crippen molar-refractivity contribution in [1.82, 2.24) is 20.2 Å². The predicted molar refractivity (Wildman–Crippen MR) is 57.4 cm³/mol. The Labute approximate surface area is 89.4 Å². The van der Waals surface area contributed by atoms with Gasteiger partial charge in [-0.3, -0.25) is 0 Å². The third kappa shape index (κ3) is 1.94. The minimum Gasteiger partial charge on any atom is -0.340 e. The Morgan fingerprint density at radius 3 is 2.53 bits per heavy atom. The van der Waals surface area contributed by atoms with Gasteiger partial charge in [-0.2, -0.15) is 0 Å². The summed E-state index contributed by atoms with van der Waals surface area (Å²) >= 11 is 0. The average molecular weight is 210 g/mol. The maximum atomic E-state index is 5.77. The number of aromatic nitrogens is 4. The number of tetrazole rings is 1. The Kier molecular flexibility index (Phi) is 2.60. The molecule has 6 heteroatoms. The van der Waals surface area contributed by atoms with Crippen molar-refractivity contribution in [3.05, 3.63) is 0 Å². The van der Waals surface area contributed by atoms with Crippen LogP contribution in [0.3, 0.4) is 0 Å². The van der Waals surface area contributed by atoms with E-state index in [1.165, 1.54) is 0 Å². The third-order valence-electron chi connectivity index (χ3n) is 3.34. The van der Waals surface area contributed by atoms with Crippen LogP contribution in [0.4, 0.5) is 5.95 Å². The molecule has 6 nitrogen and oxygen atoms in total. The minimum absolute atomic E-state index is 0.294. The van der Waals surface area contributed by atoms with E-state index in [1.807, 2.05) is 7.05 Å². The molecule has 1 aromatic heterocycles. The lowest BCUT2D eigenvalue weighted by Gasteiger charge is -2.38. The van der Waals surface area contributed by atoms with Gasteiger partial charge >= 0.3 is 0 Å². The molecule has 1 aliphatic heterocycles. The first-order chi connectivity index (χ1) is 7.14. The lowest BCUT2D eigenvalue weighted by Crippen LogP contribution is -2.43. The molecule has 1 aliphatic rings. The quantitative estimate of drug-likeness (QED) is 0.730. The van der Waals surface area contributed by atoms with Gasteiger partial charge < -0.3 is 10.6 Å². The SMILES string of the molecule is Cn1nnnc1N1CCC(C)(CN)CC1. The summed E-state index contributed by atoms with van der Waals surface area (Å²) in [4.78, 5) is 2.22. The second kappa shape index (κ2) is 3.77. The lowest BCUT2D eigenvalue weighted by atomic mass is 9.81. The maximum absolute atomic E-state index is 5.77. The Morgan fingerprint density at radius 1 is 1.40 bits per heavy atom. The van der Waals surface area contributed by atoms with Crippen LogP contribution in [0.2, 0.25) is 0 Å². The van der Waals surface area contributed by atoms with Crippen molar-refractivity contribution in [2.45, 2.75) is 19.8 Å². The van der Waals surface area contributed by atoms with Gasteiger partial charge in [-0.05, 0) is 35.2 Å². The average Bonchev–Trinajstić information content (AvgIpc) is 2.66. The summed E-state index contributed by atoms with van der Waals surface area (Å²) in [5, 5.41) is 11.5. The van der Waals surface area contributed by atoms with E-state index >= 15 is 0 Å². The zero-order valence-corrected chi connectivity index (χ0v) is 9.35. The van der Waals surface area contributed by atoms with Crippen LogP contribution in [0.5, 0.6) is 0 Å². The summed E-state index contributed by atoms with van der Waals surface area (Å²) < 4.78 is 1.71. The van der Waals surface area contributed by atoms with Gasteiger partial charge in [-0.15, -0.1) is 0 Å². The van der Waals surface area contributed by atoms with E-state index in [0.717, 1.165) is 38.4 Å². The fraction of sp³-hybridized carbons (Fsp3) is 0.889. The fourth-order valence-electron chi connectivity index (χ4n) is 1.94. The molecule has 1 saturated heterocycles. The zero-order valence-electron chi connectivity index (χ0n) is 9.35. The van der Waals surface area contributed by atoms with Crippen LogP contribution in [0, 0.1) is 5.41 Å². The highest BCUT2D eigenvalue weighted by Crippen LogP contribution is 2.30. The molecule has 0 saturated carbocycles. The van der Waals surface area contributed by atoms with Gasteiger partial charge in [0.15, 0.2) is 0 Å². The monoisotopic (exact) mass is 210 g/mol. The van der Waals surface area contributed by atoms with Crippen LogP contribution < -0.4 is 10.6 Å². The molecule has 0 spiro atoms. The molecule has 0 bridgehead atoms. The summed E-state index contributed by atoms with van der Waals surface area (Å²) in [7, 11) is 1.87. The van der Waals surface area contributed by atoms with Gasteiger partial charge in [0.05, 0.1) is 0 Å². The van der Waals surface area contributed by atoms with E-state index in [0.29, 0.717) is 5.41 Å². The first-order valence-electron chi connectivity index (χ1n) is 5.32. The van der Waals surface area contributed by atoms with Gasteiger partial charge in [-0.25, -0.2) is 4.68 Å². The second-order valence-corrected chi connectivity index (χ2v) is 4.60. The first-order valence-corrected chi connectivity index (χ1v) is 5.32. The molecule has 0 aliphatic carbocycles. The van der Waals surface area contributed by atoms with Gasteiger partial charge in [0.25, 0.3) is 0 Å². The standard InChI is InChI=1S/C9H18N6/c1-9(7-10)3-5-15(6-4-9)8-11-12-13-14(8)2/h3-7,10H2,1-2H3. The summed E-state index contributed by atoms with van der Waals surface area (Å²) in [6.07, 6.45) is 2.22. The second-order valence-electron chi connectivity index (χ2n) is 4.60. The molecule has 2 heterocycles. The van der Waals surface area contributed by atoms with Crippen molar-refractivity contribution >= 4 is 5.95 Å². The normalized spacial score (nSPS) is 20.6. The number of hydrogen-bond acceptors (Lipinski definition) is 5. The van der Waals surface area contributed by atoms with Crippen LogP contribution in [-0.2, 0) is 7.05 Å². The highest BCUT2D eigenvalue weighted by atomic mass is 15.6. The molecule has 1 fully saturated rings. The van der Waals surface area contributed by atoms with Gasteiger partial charge in [0, 0.05) is 20.1 Å². The van der Waals surface area contributed by atoms with Crippen molar-refractivity contribution in [2.24, 2.45) is 18.2 Å². The van der Waals surface area contributed by atoms with E-state index in [9.17, 15) is 0 Å². The van der Waals surface area contributed by atoms with Crippen LogP contribution in [-0.4, -0.2) is 39.8 Å². The van der Waals surface area contributed by atoms with Crippen molar-refractivity contribution in [3.8, 4) is 0 Å². The van der Waals surface area contributed by atoms with E-state index < -0.39 is 0 Å². The Hall–Kier alpha value is -1.17. The molecule has 2 N–H and O–H groups in total. The number of anilines is 1. The molecular weight excluding hydrogens is 192 g/mol. The van der Waals surface area contributed by atoms with Gasteiger partial charge in [0.1, 0.15) is 0 Å². The Balaban J connectivity index is 2.03. The molecule has 0 amide bonds. The van der Waals surface area contributed by atoms with E-state index in [1.54, 1.807) is 4.68 Å². The van der Waals surface area contributed by atoms with Crippen molar-refractivity contribution in [3.63, 3.8) is 0 Å². The molecule has 1 aromatic rings. The minimum atomic E-state index is 0.294. The van der Waals surface area contributed by atoms with Crippen LogP contribution in [0.15, 0.2) is 0 Å². The summed E-state index contributed by atoms with van der Waals surface area (Å²) in [5.41, 5.74) is 6.06. The molecular formula is C9H18N6. The highest BCUT2D eigenvalue weighted by molar-refractivity contribution is 5.28. The lowest BCUT2D eigenvalue weighted by molar-refractivity contribution is 0.256. The number of piperidine rings is 1. The number of aryl methyl sites for hydroxylation is 1. The number of nitrogens with two attached hydrogens (primary N) is 1. The van der Waals surface area contributed by atoms with Gasteiger partial charge in [-0.1, -0.05) is 12.0 Å². The molecule has 2 rings (SSSR count). The predicted octanol–water partition coefficient (Wildman–Crippen LogP) is -0.225. The molecule has 84 valence electrons. The molecule has 15 heavy (non-hydrogen) atoms. The Morgan fingerprint density at radius 2 is 2.07 bits per heavy atom. The molecule has 0 radical (unpaired) electrons. The first kappa shape index (κ1) is 10.4. The Bertz CT molecular complexity index is 325. The van der Waals surface area contributed by atoms with Crippen molar-refractivity contribution in [2.75, 3.05) is 24.5 Å². The topological polar surface area (TPSA) is 72.9 Å². The van der Waals surface area contributed by atoms with Crippen LogP contribution in [0.25, 0.3) is 0 Å². The number of hydrogen-bond donors (Lipinski definition) is 1. The van der Waals surface area contributed by atoms with Crippen molar-refractivity contribution in [1.29, 1.82) is 0 Å².